The molecule has 0 bridgehead atoms. The van der Waals surface area contributed by atoms with Gasteiger partial charge in [-0.05, 0) is 29.0 Å². The molecule has 1 aromatic carbocycles. The number of aliphatic hydroxyl groups is 1. The molecular weight excluding hydrogens is 272 g/mol. The Morgan fingerprint density at radius 1 is 1.12 bits per heavy atom. The van der Waals surface area contributed by atoms with E-state index in [1.54, 1.807) is 11.3 Å². The van der Waals surface area contributed by atoms with Gasteiger partial charge < -0.3 is 5.11 Å². The number of halogens is 1. The molecule has 4 heteroatoms. The van der Waals surface area contributed by atoms with Crippen LogP contribution in [0.4, 0.5) is 0 Å². The van der Waals surface area contributed by atoms with E-state index >= 15 is 0 Å². The van der Waals surface area contributed by atoms with E-state index in [1.807, 2.05) is 29.6 Å². The third-order valence-corrected chi connectivity index (χ3v) is 4.93. The van der Waals surface area contributed by atoms with Crippen molar-refractivity contribution in [3.63, 3.8) is 0 Å². The summed E-state index contributed by atoms with van der Waals surface area (Å²) in [7, 11) is 0. The van der Waals surface area contributed by atoms with Crippen molar-refractivity contribution in [3.8, 4) is 0 Å². The van der Waals surface area contributed by atoms with Gasteiger partial charge in [-0.1, -0.05) is 29.8 Å². The van der Waals surface area contributed by atoms with Crippen molar-refractivity contribution in [1.82, 2.24) is 0 Å². The predicted octanol–water partition coefficient (Wildman–Crippen LogP) is 4.70. The molecule has 1 nitrogen and oxygen atoms in total. The van der Waals surface area contributed by atoms with Gasteiger partial charge in [0.2, 0.25) is 0 Å². The molecule has 3 rings (SSSR count). The molecule has 0 spiro atoms. The summed E-state index contributed by atoms with van der Waals surface area (Å²) in [5.41, 5.74) is 0.955. The summed E-state index contributed by atoms with van der Waals surface area (Å²) in [6, 6.07) is 11.8. The van der Waals surface area contributed by atoms with Crippen LogP contribution in [0, 0.1) is 0 Å². The van der Waals surface area contributed by atoms with E-state index < -0.39 is 6.10 Å². The third-order valence-electron chi connectivity index (χ3n) is 2.67. The van der Waals surface area contributed by atoms with Crippen molar-refractivity contribution in [2.24, 2.45) is 0 Å². The van der Waals surface area contributed by atoms with Crippen LogP contribution in [0.1, 0.15) is 16.5 Å². The van der Waals surface area contributed by atoms with Crippen molar-refractivity contribution >= 4 is 44.4 Å². The lowest BCUT2D eigenvalue weighted by Crippen LogP contribution is -1.96. The summed E-state index contributed by atoms with van der Waals surface area (Å²) in [4.78, 5) is 0.885. The first kappa shape index (κ1) is 11.2. The number of thiophene rings is 2. The molecule has 0 saturated carbocycles. The first-order valence-electron chi connectivity index (χ1n) is 5.15. The van der Waals surface area contributed by atoms with Crippen LogP contribution < -0.4 is 0 Å². The zero-order valence-electron chi connectivity index (χ0n) is 8.76. The molecule has 2 heterocycles. The summed E-state index contributed by atoms with van der Waals surface area (Å²) in [6.45, 7) is 0. The number of aliphatic hydroxyl groups excluding tert-OH is 1. The molecule has 3 aromatic rings. The SMILES string of the molecule is OC(c1ccc(Cl)s1)c1cccc2ccsc12. The van der Waals surface area contributed by atoms with Crippen LogP contribution in [0.5, 0.6) is 0 Å². The molecule has 1 unspecified atom stereocenters. The predicted molar refractivity (Wildman–Crippen MR) is 75.2 cm³/mol. The van der Waals surface area contributed by atoms with Crippen molar-refractivity contribution in [2.45, 2.75) is 6.10 Å². The van der Waals surface area contributed by atoms with Crippen molar-refractivity contribution < 1.29 is 5.11 Å². The van der Waals surface area contributed by atoms with Crippen LogP contribution in [-0.4, -0.2) is 5.11 Å². The van der Waals surface area contributed by atoms with Gasteiger partial charge >= 0.3 is 0 Å². The summed E-state index contributed by atoms with van der Waals surface area (Å²) in [5, 5.41) is 13.6. The molecule has 17 heavy (non-hydrogen) atoms. The highest BCUT2D eigenvalue weighted by Gasteiger charge is 2.15. The molecule has 2 aromatic heterocycles. The quantitative estimate of drug-likeness (QED) is 0.721. The van der Waals surface area contributed by atoms with Crippen molar-refractivity contribution in [3.05, 3.63) is 56.6 Å². The molecule has 0 aliphatic carbocycles. The molecule has 0 fully saturated rings. The molecule has 1 N–H and O–H groups in total. The molecule has 0 saturated heterocycles. The average molecular weight is 281 g/mol. The number of rotatable bonds is 2. The fourth-order valence-corrected chi connectivity index (χ4v) is 3.86. The van der Waals surface area contributed by atoms with Gasteiger partial charge in [0.05, 0.1) is 4.34 Å². The Balaban J connectivity index is 2.12. The fraction of sp³-hybridized carbons (Fsp3) is 0.0769. The molecule has 86 valence electrons. The second-order valence-corrected chi connectivity index (χ2v) is 6.39. The number of hydrogen-bond acceptors (Lipinski definition) is 3. The maximum atomic E-state index is 10.4. The Morgan fingerprint density at radius 3 is 2.76 bits per heavy atom. The Kier molecular flexibility index (Phi) is 2.92. The van der Waals surface area contributed by atoms with Crippen LogP contribution in [0.3, 0.4) is 0 Å². The summed E-state index contributed by atoms with van der Waals surface area (Å²) >= 11 is 8.98. The zero-order valence-corrected chi connectivity index (χ0v) is 11.1. The van der Waals surface area contributed by atoms with Crippen molar-refractivity contribution in [2.75, 3.05) is 0 Å². The van der Waals surface area contributed by atoms with Crippen LogP contribution >= 0.6 is 34.3 Å². The van der Waals surface area contributed by atoms with Gasteiger partial charge in [0.25, 0.3) is 0 Å². The van der Waals surface area contributed by atoms with Gasteiger partial charge in [0.1, 0.15) is 6.10 Å². The average Bonchev–Trinajstić information content (AvgIpc) is 2.95. The highest BCUT2D eigenvalue weighted by molar-refractivity contribution is 7.17. The van der Waals surface area contributed by atoms with E-state index in [0.29, 0.717) is 4.34 Å². The van der Waals surface area contributed by atoms with Crippen LogP contribution in [-0.2, 0) is 0 Å². The summed E-state index contributed by atoms with van der Waals surface area (Å²) in [5.74, 6) is 0. The minimum absolute atomic E-state index is 0.588. The zero-order chi connectivity index (χ0) is 11.8. The molecule has 0 radical (unpaired) electrons. The third kappa shape index (κ3) is 2.00. The van der Waals surface area contributed by atoms with E-state index in [2.05, 4.69) is 12.1 Å². The van der Waals surface area contributed by atoms with Gasteiger partial charge in [-0.2, -0.15) is 0 Å². The lowest BCUT2D eigenvalue weighted by Gasteiger charge is -2.09. The normalized spacial score (nSPS) is 13.1. The van der Waals surface area contributed by atoms with Gasteiger partial charge in [-0.15, -0.1) is 22.7 Å². The van der Waals surface area contributed by atoms with E-state index in [0.717, 1.165) is 15.1 Å². The van der Waals surface area contributed by atoms with E-state index in [9.17, 15) is 5.11 Å². The van der Waals surface area contributed by atoms with Gasteiger partial charge in [0, 0.05) is 15.1 Å². The van der Waals surface area contributed by atoms with Crippen LogP contribution in [0.15, 0.2) is 41.8 Å². The lowest BCUT2D eigenvalue weighted by atomic mass is 10.1. The Bertz CT molecular complexity index is 656. The van der Waals surface area contributed by atoms with Crippen LogP contribution in [0.2, 0.25) is 4.34 Å². The van der Waals surface area contributed by atoms with Crippen molar-refractivity contribution in [1.29, 1.82) is 0 Å². The Labute approximate surface area is 112 Å². The van der Waals surface area contributed by atoms with E-state index in [-0.39, 0.29) is 0 Å². The molecule has 0 aliphatic heterocycles. The standard InChI is InChI=1S/C13H9ClOS2/c14-11-5-4-10(17-11)12(15)9-3-1-2-8-6-7-16-13(8)9/h1-7,12,15H. The largest absolute Gasteiger partial charge is 0.383 e. The van der Waals surface area contributed by atoms with E-state index in [4.69, 9.17) is 11.6 Å². The minimum atomic E-state index is -0.588. The molecule has 0 aliphatic rings. The smallest absolute Gasteiger partial charge is 0.115 e. The van der Waals surface area contributed by atoms with Crippen LogP contribution in [0.25, 0.3) is 10.1 Å². The fourth-order valence-electron chi connectivity index (χ4n) is 1.86. The second kappa shape index (κ2) is 4.42. The highest BCUT2D eigenvalue weighted by Crippen LogP contribution is 2.35. The van der Waals surface area contributed by atoms with Gasteiger partial charge in [-0.25, -0.2) is 0 Å². The number of hydrogen-bond donors (Lipinski definition) is 1. The molecule has 1 atom stereocenters. The topological polar surface area (TPSA) is 20.2 Å². The first-order chi connectivity index (χ1) is 8.25. The summed E-state index contributed by atoms with van der Waals surface area (Å²) in [6.07, 6.45) is -0.588. The Morgan fingerprint density at radius 2 is 2.00 bits per heavy atom. The van der Waals surface area contributed by atoms with E-state index in [1.165, 1.54) is 16.7 Å². The number of fused-ring (bicyclic) bond motifs is 1. The maximum Gasteiger partial charge on any atom is 0.115 e. The minimum Gasteiger partial charge on any atom is -0.383 e. The monoisotopic (exact) mass is 280 g/mol. The first-order valence-corrected chi connectivity index (χ1v) is 7.22. The van der Waals surface area contributed by atoms with Gasteiger partial charge in [0.15, 0.2) is 0 Å². The highest BCUT2D eigenvalue weighted by atomic mass is 35.5. The Hall–Kier alpha value is -0.870. The van der Waals surface area contributed by atoms with Gasteiger partial charge in [-0.3, -0.25) is 0 Å². The molecular formula is C13H9ClOS2. The maximum absolute atomic E-state index is 10.4. The lowest BCUT2D eigenvalue weighted by molar-refractivity contribution is 0.226. The molecule has 0 amide bonds. The number of benzene rings is 1. The second-order valence-electron chi connectivity index (χ2n) is 3.73. The summed E-state index contributed by atoms with van der Waals surface area (Å²) < 4.78 is 1.85.